The Kier molecular flexibility index (Phi) is 4.75. The van der Waals surface area contributed by atoms with Crippen molar-refractivity contribution in [2.75, 3.05) is 5.32 Å². The minimum absolute atomic E-state index is 0.164. The summed E-state index contributed by atoms with van der Waals surface area (Å²) < 4.78 is 37.9. The Morgan fingerprint density at radius 1 is 1.25 bits per heavy atom. The highest BCUT2D eigenvalue weighted by Crippen LogP contribution is 2.33. The van der Waals surface area contributed by atoms with E-state index in [4.69, 9.17) is 23.8 Å². The van der Waals surface area contributed by atoms with Gasteiger partial charge in [0.2, 0.25) is 0 Å². The number of nitrogens with one attached hydrogen (secondary N) is 2. The number of halogens is 4. The number of anilines is 1. The van der Waals surface area contributed by atoms with Crippen molar-refractivity contribution in [2.45, 2.75) is 37.9 Å². The quantitative estimate of drug-likeness (QED) is 0.779. The molecule has 0 aliphatic heterocycles. The van der Waals surface area contributed by atoms with Crippen molar-refractivity contribution in [3.05, 3.63) is 28.8 Å². The summed E-state index contributed by atoms with van der Waals surface area (Å²) >= 11 is 11.0. The number of thiocarbonyl (C=S) groups is 1. The Bertz CT molecular complexity index is 499. The monoisotopic (exact) mass is 322 g/mol. The van der Waals surface area contributed by atoms with Crippen LogP contribution in [0.4, 0.5) is 18.9 Å². The first kappa shape index (κ1) is 15.4. The summed E-state index contributed by atoms with van der Waals surface area (Å²) in [6.07, 6.45) is -0.0625. The number of hydrogen-bond acceptors (Lipinski definition) is 1. The van der Waals surface area contributed by atoms with E-state index in [0.717, 1.165) is 37.8 Å². The van der Waals surface area contributed by atoms with Crippen LogP contribution in [-0.4, -0.2) is 11.2 Å². The van der Waals surface area contributed by atoms with Gasteiger partial charge in [-0.15, -0.1) is 0 Å². The van der Waals surface area contributed by atoms with Gasteiger partial charge in [0.05, 0.1) is 16.3 Å². The van der Waals surface area contributed by atoms with Crippen LogP contribution in [-0.2, 0) is 6.18 Å². The zero-order chi connectivity index (χ0) is 14.8. The lowest BCUT2D eigenvalue weighted by atomic mass is 10.2. The number of alkyl halides is 3. The Balaban J connectivity index is 2.06. The fourth-order valence-corrected chi connectivity index (χ4v) is 2.65. The van der Waals surface area contributed by atoms with Crippen molar-refractivity contribution >= 4 is 34.6 Å². The molecule has 1 fully saturated rings. The topological polar surface area (TPSA) is 24.1 Å². The zero-order valence-electron chi connectivity index (χ0n) is 10.6. The molecule has 1 aromatic carbocycles. The highest BCUT2D eigenvalue weighted by molar-refractivity contribution is 7.80. The van der Waals surface area contributed by atoms with Crippen LogP contribution >= 0.6 is 23.8 Å². The van der Waals surface area contributed by atoms with Crippen LogP contribution in [0.25, 0.3) is 0 Å². The molecule has 110 valence electrons. The van der Waals surface area contributed by atoms with Gasteiger partial charge in [0.15, 0.2) is 5.11 Å². The summed E-state index contributed by atoms with van der Waals surface area (Å²) in [6, 6.07) is 3.41. The number of benzene rings is 1. The third-order valence-electron chi connectivity index (χ3n) is 3.23. The van der Waals surface area contributed by atoms with E-state index < -0.39 is 11.7 Å². The Hall–Kier alpha value is -1.01. The van der Waals surface area contributed by atoms with Gasteiger partial charge in [-0.25, -0.2) is 0 Å². The Morgan fingerprint density at radius 2 is 1.90 bits per heavy atom. The van der Waals surface area contributed by atoms with Gasteiger partial charge in [0, 0.05) is 6.04 Å². The normalized spacial score (nSPS) is 16.2. The van der Waals surface area contributed by atoms with Crippen molar-refractivity contribution in [1.82, 2.24) is 5.32 Å². The SMILES string of the molecule is FC(F)(F)c1ccc(Cl)c(NC(=S)NC2CCCC2)c1. The van der Waals surface area contributed by atoms with E-state index in [1.807, 2.05) is 0 Å². The molecule has 20 heavy (non-hydrogen) atoms. The molecule has 0 spiro atoms. The first-order chi connectivity index (χ1) is 9.36. The van der Waals surface area contributed by atoms with Gasteiger partial charge in [0.25, 0.3) is 0 Å². The second kappa shape index (κ2) is 6.18. The smallest absolute Gasteiger partial charge is 0.360 e. The maximum Gasteiger partial charge on any atom is 0.416 e. The van der Waals surface area contributed by atoms with Crippen LogP contribution < -0.4 is 10.6 Å². The van der Waals surface area contributed by atoms with E-state index in [9.17, 15) is 13.2 Å². The average molecular weight is 323 g/mol. The van der Waals surface area contributed by atoms with Gasteiger partial charge in [-0.1, -0.05) is 24.4 Å². The lowest BCUT2D eigenvalue weighted by molar-refractivity contribution is -0.137. The van der Waals surface area contributed by atoms with E-state index in [1.54, 1.807) is 0 Å². The molecule has 2 N–H and O–H groups in total. The van der Waals surface area contributed by atoms with Gasteiger partial charge in [-0.3, -0.25) is 0 Å². The third kappa shape index (κ3) is 3.99. The minimum Gasteiger partial charge on any atom is -0.360 e. The Labute approximate surface area is 125 Å². The standard InChI is InChI=1S/C13H14ClF3N2S/c14-10-6-5-8(13(15,16)17)7-11(10)19-12(20)18-9-3-1-2-4-9/h5-7,9H,1-4H2,(H2,18,19,20). The third-order valence-corrected chi connectivity index (χ3v) is 3.78. The first-order valence-electron chi connectivity index (χ1n) is 6.30. The maximum absolute atomic E-state index is 12.6. The average Bonchev–Trinajstić information content (AvgIpc) is 2.83. The molecule has 0 unspecified atom stereocenters. The summed E-state index contributed by atoms with van der Waals surface area (Å²) in [5, 5.41) is 6.34. The molecule has 2 rings (SSSR count). The van der Waals surface area contributed by atoms with Crippen LogP contribution in [0.3, 0.4) is 0 Å². The highest BCUT2D eigenvalue weighted by atomic mass is 35.5. The van der Waals surface area contributed by atoms with Gasteiger partial charge >= 0.3 is 6.18 Å². The predicted octanol–water partition coefficient (Wildman–Crippen LogP) is 4.59. The van der Waals surface area contributed by atoms with Crippen molar-refractivity contribution in [2.24, 2.45) is 0 Å². The van der Waals surface area contributed by atoms with Gasteiger partial charge < -0.3 is 10.6 Å². The lowest BCUT2D eigenvalue weighted by Gasteiger charge is -2.17. The molecule has 0 aromatic heterocycles. The van der Waals surface area contributed by atoms with Crippen LogP contribution in [0, 0.1) is 0 Å². The molecule has 1 aliphatic carbocycles. The fourth-order valence-electron chi connectivity index (χ4n) is 2.21. The van der Waals surface area contributed by atoms with E-state index in [2.05, 4.69) is 10.6 Å². The summed E-state index contributed by atoms with van der Waals surface area (Å²) in [4.78, 5) is 0. The largest absolute Gasteiger partial charge is 0.416 e. The van der Waals surface area contributed by atoms with Gasteiger partial charge in [-0.2, -0.15) is 13.2 Å². The van der Waals surface area contributed by atoms with E-state index in [1.165, 1.54) is 6.07 Å². The molecular weight excluding hydrogens is 309 g/mol. The van der Waals surface area contributed by atoms with Crippen LogP contribution in [0.15, 0.2) is 18.2 Å². The maximum atomic E-state index is 12.6. The second-order valence-electron chi connectivity index (χ2n) is 4.77. The summed E-state index contributed by atoms with van der Waals surface area (Å²) in [7, 11) is 0. The second-order valence-corrected chi connectivity index (χ2v) is 5.59. The molecule has 0 radical (unpaired) electrons. The molecule has 1 aliphatic rings. The molecule has 7 heteroatoms. The molecule has 0 amide bonds. The van der Waals surface area contributed by atoms with Crippen molar-refractivity contribution in [1.29, 1.82) is 0 Å². The van der Waals surface area contributed by atoms with Crippen molar-refractivity contribution in [3.63, 3.8) is 0 Å². The molecule has 0 atom stereocenters. The number of hydrogen-bond donors (Lipinski definition) is 2. The molecule has 2 nitrogen and oxygen atoms in total. The van der Waals surface area contributed by atoms with Crippen molar-refractivity contribution in [3.8, 4) is 0 Å². The summed E-state index contributed by atoms with van der Waals surface area (Å²) in [5.74, 6) is 0. The zero-order valence-corrected chi connectivity index (χ0v) is 12.1. The Morgan fingerprint density at radius 3 is 2.50 bits per heavy atom. The molecule has 1 saturated carbocycles. The molecule has 0 bridgehead atoms. The van der Waals surface area contributed by atoms with Crippen LogP contribution in [0.5, 0.6) is 0 Å². The minimum atomic E-state index is -4.40. The lowest BCUT2D eigenvalue weighted by Crippen LogP contribution is -2.36. The highest BCUT2D eigenvalue weighted by Gasteiger charge is 2.31. The molecule has 0 heterocycles. The van der Waals surface area contributed by atoms with E-state index in [-0.39, 0.29) is 10.7 Å². The summed E-state index contributed by atoms with van der Waals surface area (Å²) in [5.41, 5.74) is -0.593. The fraction of sp³-hybridized carbons (Fsp3) is 0.462. The van der Waals surface area contributed by atoms with Crippen LogP contribution in [0.2, 0.25) is 5.02 Å². The number of rotatable bonds is 2. The summed E-state index contributed by atoms with van der Waals surface area (Å²) in [6.45, 7) is 0. The van der Waals surface area contributed by atoms with Gasteiger partial charge in [0.1, 0.15) is 0 Å². The van der Waals surface area contributed by atoms with E-state index >= 15 is 0 Å². The van der Waals surface area contributed by atoms with Crippen LogP contribution in [0.1, 0.15) is 31.2 Å². The molecular formula is C13H14ClF3N2S. The van der Waals surface area contributed by atoms with Crippen molar-refractivity contribution < 1.29 is 13.2 Å². The first-order valence-corrected chi connectivity index (χ1v) is 7.09. The molecule has 1 aromatic rings. The molecule has 0 saturated heterocycles. The van der Waals surface area contributed by atoms with Gasteiger partial charge in [-0.05, 0) is 43.3 Å². The van der Waals surface area contributed by atoms with E-state index in [0.29, 0.717) is 11.2 Å². The predicted molar refractivity (Wildman–Crippen MR) is 78.1 cm³/mol.